The van der Waals surface area contributed by atoms with E-state index in [1.165, 1.54) is 12.1 Å². The number of hydrogen-bond donors (Lipinski definition) is 2. The van der Waals surface area contributed by atoms with E-state index in [0.717, 1.165) is 5.56 Å². The lowest BCUT2D eigenvalue weighted by molar-refractivity contribution is -0.139. The van der Waals surface area contributed by atoms with Crippen LogP contribution in [-0.2, 0) is 16.1 Å². The summed E-state index contributed by atoms with van der Waals surface area (Å²) >= 11 is 0. The summed E-state index contributed by atoms with van der Waals surface area (Å²) < 4.78 is 24.4. The number of amides is 3. The Bertz CT molecular complexity index is 1020. The average molecular weight is 441 g/mol. The van der Waals surface area contributed by atoms with Gasteiger partial charge in [-0.15, -0.1) is 0 Å². The summed E-state index contributed by atoms with van der Waals surface area (Å²) in [4.78, 5) is 38.3. The summed E-state index contributed by atoms with van der Waals surface area (Å²) in [6.45, 7) is 1.66. The highest BCUT2D eigenvalue weighted by Crippen LogP contribution is 2.32. The molecule has 1 fully saturated rings. The van der Waals surface area contributed by atoms with Gasteiger partial charge in [-0.1, -0.05) is 18.2 Å². The second-order valence-corrected chi connectivity index (χ2v) is 7.80. The topological polar surface area (TPSA) is 97.0 Å². The zero-order chi connectivity index (χ0) is 22.5. The van der Waals surface area contributed by atoms with E-state index in [-0.39, 0.29) is 30.7 Å². The molecule has 2 aliphatic rings. The van der Waals surface area contributed by atoms with Crippen molar-refractivity contribution in [3.63, 3.8) is 0 Å². The van der Waals surface area contributed by atoms with Crippen LogP contribution in [0.3, 0.4) is 0 Å². The number of benzene rings is 2. The monoisotopic (exact) mass is 441 g/mol. The number of halogens is 1. The third-order valence-electron chi connectivity index (χ3n) is 5.65. The number of rotatable bonds is 5. The van der Waals surface area contributed by atoms with Gasteiger partial charge in [0, 0.05) is 26.2 Å². The lowest BCUT2D eigenvalue weighted by atomic mass is 9.96. The maximum Gasteiger partial charge on any atom is 0.309 e. The van der Waals surface area contributed by atoms with Crippen LogP contribution in [0.25, 0.3) is 0 Å². The van der Waals surface area contributed by atoms with Crippen LogP contribution in [0.5, 0.6) is 11.5 Å². The van der Waals surface area contributed by atoms with Crippen LogP contribution in [0.4, 0.5) is 4.39 Å². The zero-order valence-electron chi connectivity index (χ0n) is 17.4. The van der Waals surface area contributed by atoms with Crippen LogP contribution in [0, 0.1) is 11.7 Å². The van der Waals surface area contributed by atoms with E-state index >= 15 is 0 Å². The molecule has 2 aromatic carbocycles. The normalized spacial score (nSPS) is 15.3. The molecule has 2 N–H and O–H groups in total. The van der Waals surface area contributed by atoms with E-state index < -0.39 is 17.6 Å². The van der Waals surface area contributed by atoms with Crippen molar-refractivity contribution in [1.82, 2.24) is 15.5 Å². The molecule has 0 aliphatic carbocycles. The van der Waals surface area contributed by atoms with Crippen LogP contribution < -0.4 is 20.1 Å². The zero-order valence-corrected chi connectivity index (χ0v) is 17.4. The SMILES string of the molecule is O=C(NCc1ccc2c(c1)OCO2)C(=O)NCC1CCN(C(=O)c2ccccc2F)CC1. The summed E-state index contributed by atoms with van der Waals surface area (Å²) in [6.07, 6.45) is 1.33. The summed E-state index contributed by atoms with van der Waals surface area (Å²) in [5.41, 5.74) is 0.862. The van der Waals surface area contributed by atoms with Crippen molar-refractivity contribution in [3.8, 4) is 11.5 Å². The maximum atomic E-state index is 13.8. The summed E-state index contributed by atoms with van der Waals surface area (Å²) in [7, 11) is 0. The molecule has 3 amide bonds. The molecule has 32 heavy (non-hydrogen) atoms. The number of nitrogens with zero attached hydrogens (tertiary/aromatic N) is 1. The van der Waals surface area contributed by atoms with E-state index in [4.69, 9.17) is 9.47 Å². The van der Waals surface area contributed by atoms with Crippen LogP contribution in [0.2, 0.25) is 0 Å². The number of fused-ring (bicyclic) bond motifs is 1. The number of ether oxygens (including phenoxy) is 2. The second-order valence-electron chi connectivity index (χ2n) is 7.80. The van der Waals surface area contributed by atoms with Gasteiger partial charge < -0.3 is 25.0 Å². The van der Waals surface area contributed by atoms with E-state index in [1.807, 2.05) is 0 Å². The summed E-state index contributed by atoms with van der Waals surface area (Å²) in [6, 6.07) is 11.2. The van der Waals surface area contributed by atoms with E-state index in [1.54, 1.807) is 35.2 Å². The molecule has 9 heteroatoms. The molecule has 2 aromatic rings. The van der Waals surface area contributed by atoms with Crippen molar-refractivity contribution in [2.24, 2.45) is 5.92 Å². The third-order valence-corrected chi connectivity index (χ3v) is 5.65. The minimum atomic E-state index is -0.713. The largest absolute Gasteiger partial charge is 0.454 e. The minimum absolute atomic E-state index is 0.0679. The molecule has 0 atom stereocenters. The van der Waals surface area contributed by atoms with Crippen LogP contribution in [-0.4, -0.2) is 49.0 Å². The number of carbonyl (C=O) groups is 3. The number of hydrogen-bond acceptors (Lipinski definition) is 5. The van der Waals surface area contributed by atoms with Gasteiger partial charge in [-0.2, -0.15) is 0 Å². The molecular formula is C23H24FN3O5. The fourth-order valence-electron chi connectivity index (χ4n) is 3.78. The lowest BCUT2D eigenvalue weighted by Crippen LogP contribution is -2.44. The first-order chi connectivity index (χ1) is 15.5. The highest BCUT2D eigenvalue weighted by Gasteiger charge is 2.26. The van der Waals surface area contributed by atoms with Crippen molar-refractivity contribution >= 4 is 17.7 Å². The van der Waals surface area contributed by atoms with E-state index in [0.29, 0.717) is 44.0 Å². The van der Waals surface area contributed by atoms with Crippen molar-refractivity contribution in [3.05, 3.63) is 59.4 Å². The van der Waals surface area contributed by atoms with Crippen LogP contribution in [0.15, 0.2) is 42.5 Å². The molecule has 4 rings (SSSR count). The van der Waals surface area contributed by atoms with Crippen molar-refractivity contribution in [1.29, 1.82) is 0 Å². The van der Waals surface area contributed by atoms with Crippen molar-refractivity contribution in [2.45, 2.75) is 19.4 Å². The fourth-order valence-corrected chi connectivity index (χ4v) is 3.78. The Morgan fingerprint density at radius 3 is 2.47 bits per heavy atom. The van der Waals surface area contributed by atoms with Gasteiger partial charge >= 0.3 is 11.8 Å². The van der Waals surface area contributed by atoms with Gasteiger partial charge in [-0.25, -0.2) is 4.39 Å². The second kappa shape index (κ2) is 9.67. The Hall–Kier alpha value is -3.62. The predicted octanol–water partition coefficient (Wildman–Crippen LogP) is 1.84. The van der Waals surface area contributed by atoms with Crippen LogP contribution in [0.1, 0.15) is 28.8 Å². The molecule has 0 radical (unpaired) electrons. The molecule has 1 saturated heterocycles. The highest BCUT2D eigenvalue weighted by atomic mass is 19.1. The first kappa shape index (κ1) is 21.6. The lowest BCUT2D eigenvalue weighted by Gasteiger charge is -2.32. The Morgan fingerprint density at radius 1 is 0.969 bits per heavy atom. The Kier molecular flexibility index (Phi) is 6.53. The fraction of sp³-hybridized carbons (Fsp3) is 0.348. The van der Waals surface area contributed by atoms with Gasteiger partial charge in [0.15, 0.2) is 11.5 Å². The number of likely N-dealkylation sites (tertiary alicyclic amines) is 1. The summed E-state index contributed by atoms with van der Waals surface area (Å²) in [5.74, 6) is -0.858. The van der Waals surface area contributed by atoms with Gasteiger partial charge in [0.05, 0.1) is 5.56 Å². The maximum absolute atomic E-state index is 13.8. The smallest absolute Gasteiger partial charge is 0.309 e. The van der Waals surface area contributed by atoms with E-state index in [9.17, 15) is 18.8 Å². The number of carbonyl (C=O) groups excluding carboxylic acids is 3. The first-order valence-corrected chi connectivity index (χ1v) is 10.5. The molecule has 0 aromatic heterocycles. The van der Waals surface area contributed by atoms with Crippen molar-refractivity contribution in [2.75, 3.05) is 26.4 Å². The molecule has 168 valence electrons. The molecular weight excluding hydrogens is 417 g/mol. The molecule has 0 saturated carbocycles. The van der Waals surface area contributed by atoms with Gasteiger partial charge in [0.25, 0.3) is 5.91 Å². The molecule has 8 nitrogen and oxygen atoms in total. The third kappa shape index (κ3) is 4.99. The molecule has 0 spiro atoms. The van der Waals surface area contributed by atoms with Crippen LogP contribution >= 0.6 is 0 Å². The van der Waals surface area contributed by atoms with Gasteiger partial charge in [0.2, 0.25) is 6.79 Å². The summed E-state index contributed by atoms with van der Waals surface area (Å²) in [5, 5.41) is 5.24. The first-order valence-electron chi connectivity index (χ1n) is 10.5. The van der Waals surface area contributed by atoms with Crippen molar-refractivity contribution < 1.29 is 28.2 Å². The molecule has 2 heterocycles. The number of nitrogens with one attached hydrogen (secondary N) is 2. The minimum Gasteiger partial charge on any atom is -0.454 e. The molecule has 0 unspecified atom stereocenters. The van der Waals surface area contributed by atoms with Gasteiger partial charge in [-0.05, 0) is 48.6 Å². The number of piperidine rings is 1. The molecule has 0 bridgehead atoms. The average Bonchev–Trinajstić information content (AvgIpc) is 3.29. The van der Waals surface area contributed by atoms with Gasteiger partial charge in [-0.3, -0.25) is 14.4 Å². The highest BCUT2D eigenvalue weighted by molar-refractivity contribution is 6.35. The Balaban J connectivity index is 1.18. The molecule has 2 aliphatic heterocycles. The standard InChI is InChI=1S/C23H24FN3O5/c24-18-4-2-1-3-17(18)23(30)27-9-7-15(8-10-27)12-25-21(28)22(29)26-13-16-5-6-19-20(11-16)32-14-31-19/h1-6,11,15H,7-10,12-14H2,(H,25,28)(H,26,29). The van der Waals surface area contributed by atoms with E-state index in [2.05, 4.69) is 10.6 Å². The predicted molar refractivity (Wildman–Crippen MR) is 112 cm³/mol. The Morgan fingerprint density at radius 2 is 1.69 bits per heavy atom. The van der Waals surface area contributed by atoms with Gasteiger partial charge in [0.1, 0.15) is 5.82 Å². The quantitative estimate of drug-likeness (QED) is 0.691. The Labute approximate surface area is 184 Å².